The second-order valence-electron chi connectivity index (χ2n) is 8.99. The van der Waals surface area contributed by atoms with Gasteiger partial charge in [-0.3, -0.25) is 0 Å². The van der Waals surface area contributed by atoms with E-state index in [1.165, 1.54) is 54.5 Å². The van der Waals surface area contributed by atoms with E-state index in [1.54, 1.807) is 14.2 Å². The van der Waals surface area contributed by atoms with Crippen LogP contribution in [0.2, 0.25) is 0 Å². The Bertz CT molecular complexity index is 847. The van der Waals surface area contributed by atoms with Gasteiger partial charge in [0.05, 0.1) is 14.2 Å². The van der Waals surface area contributed by atoms with Crippen molar-refractivity contribution in [1.29, 1.82) is 0 Å². The number of fused-ring (bicyclic) bond motifs is 2. The third kappa shape index (κ3) is 5.16. The van der Waals surface area contributed by atoms with Gasteiger partial charge in [-0.15, -0.1) is 0 Å². The van der Waals surface area contributed by atoms with Gasteiger partial charge in [0.15, 0.2) is 0 Å². The first kappa shape index (κ1) is 21.2. The smallest absolute Gasteiger partial charge is 0.122 e. The molecule has 2 aromatic carbocycles. The highest BCUT2D eigenvalue weighted by Gasteiger charge is 2.25. The third-order valence-corrected chi connectivity index (χ3v) is 6.75. The molecule has 0 spiro atoms. The molecular formula is C26H36N2O2. The molecule has 1 saturated carbocycles. The summed E-state index contributed by atoms with van der Waals surface area (Å²) in [5.41, 5.74) is 11.5. The first-order valence-corrected chi connectivity index (χ1v) is 11.5. The quantitative estimate of drug-likeness (QED) is 0.783. The summed E-state index contributed by atoms with van der Waals surface area (Å²) in [6.45, 7) is 1.23. The van der Waals surface area contributed by atoms with Gasteiger partial charge >= 0.3 is 0 Å². The molecular weight excluding hydrogens is 372 g/mol. The molecule has 2 aromatic rings. The minimum atomic E-state index is 0.333. The first-order valence-electron chi connectivity index (χ1n) is 11.5. The third-order valence-electron chi connectivity index (χ3n) is 6.75. The number of nitrogens with one attached hydrogen (secondary N) is 1. The Balaban J connectivity index is 0.000000151. The maximum Gasteiger partial charge on any atom is 0.122 e. The van der Waals surface area contributed by atoms with Gasteiger partial charge in [-0.1, -0.05) is 24.3 Å². The first-order chi connectivity index (χ1) is 14.7. The van der Waals surface area contributed by atoms with Crippen molar-refractivity contribution >= 4 is 0 Å². The molecule has 2 unspecified atom stereocenters. The second kappa shape index (κ2) is 9.84. The van der Waals surface area contributed by atoms with Gasteiger partial charge in [-0.05, 0) is 98.2 Å². The van der Waals surface area contributed by atoms with Crippen LogP contribution in [-0.2, 0) is 25.7 Å². The highest BCUT2D eigenvalue weighted by atomic mass is 16.5. The van der Waals surface area contributed by atoms with E-state index in [0.717, 1.165) is 43.1 Å². The largest absolute Gasteiger partial charge is 0.496 e. The number of methoxy groups -OCH3 is 2. The van der Waals surface area contributed by atoms with Gasteiger partial charge in [0.1, 0.15) is 11.5 Å². The van der Waals surface area contributed by atoms with Crippen LogP contribution >= 0.6 is 0 Å². The van der Waals surface area contributed by atoms with Gasteiger partial charge in [-0.2, -0.15) is 0 Å². The zero-order valence-electron chi connectivity index (χ0n) is 18.5. The predicted octanol–water partition coefficient (Wildman–Crippen LogP) is 4.06. The summed E-state index contributed by atoms with van der Waals surface area (Å²) in [5.74, 6) is 3.06. The SMILES string of the molecule is COc1cccc2c1CCC(N)C2.COc1cccc2c1CCC(NCC1CC1)C2. The molecule has 0 bridgehead atoms. The van der Waals surface area contributed by atoms with Crippen molar-refractivity contribution < 1.29 is 9.47 Å². The maximum atomic E-state index is 5.90. The van der Waals surface area contributed by atoms with Crippen molar-refractivity contribution in [3.63, 3.8) is 0 Å². The lowest BCUT2D eigenvalue weighted by Gasteiger charge is -2.26. The number of hydrogen-bond donors (Lipinski definition) is 2. The zero-order chi connectivity index (χ0) is 20.9. The van der Waals surface area contributed by atoms with E-state index in [0.29, 0.717) is 12.1 Å². The lowest BCUT2D eigenvalue weighted by atomic mass is 9.87. The Labute approximate surface area is 181 Å². The summed E-state index contributed by atoms with van der Waals surface area (Å²) in [5, 5.41) is 3.72. The van der Waals surface area contributed by atoms with Crippen LogP contribution in [0.1, 0.15) is 47.9 Å². The van der Waals surface area contributed by atoms with Crippen molar-refractivity contribution in [2.24, 2.45) is 11.7 Å². The summed E-state index contributed by atoms with van der Waals surface area (Å²) in [7, 11) is 3.50. The fourth-order valence-corrected chi connectivity index (χ4v) is 4.78. The molecule has 4 heteroatoms. The van der Waals surface area contributed by atoms with Crippen LogP contribution in [0.4, 0.5) is 0 Å². The van der Waals surface area contributed by atoms with Crippen LogP contribution in [0, 0.1) is 5.92 Å². The summed E-state index contributed by atoms with van der Waals surface area (Å²) in [6, 6.07) is 13.7. The van der Waals surface area contributed by atoms with Crippen LogP contribution in [0.3, 0.4) is 0 Å². The van der Waals surface area contributed by atoms with Crippen molar-refractivity contribution in [2.45, 2.75) is 63.5 Å². The minimum absolute atomic E-state index is 0.333. The van der Waals surface area contributed by atoms with Crippen molar-refractivity contribution in [1.82, 2.24) is 5.32 Å². The van der Waals surface area contributed by atoms with E-state index < -0.39 is 0 Å². The molecule has 30 heavy (non-hydrogen) atoms. The lowest BCUT2D eigenvalue weighted by molar-refractivity contribution is 0.396. The van der Waals surface area contributed by atoms with E-state index in [-0.39, 0.29) is 0 Å². The van der Waals surface area contributed by atoms with Crippen molar-refractivity contribution in [2.75, 3.05) is 20.8 Å². The highest BCUT2D eigenvalue weighted by molar-refractivity contribution is 5.43. The molecule has 3 aliphatic carbocycles. The van der Waals surface area contributed by atoms with Crippen LogP contribution in [-0.4, -0.2) is 32.8 Å². The van der Waals surface area contributed by atoms with Crippen LogP contribution in [0.5, 0.6) is 11.5 Å². The van der Waals surface area contributed by atoms with Crippen LogP contribution < -0.4 is 20.5 Å². The Morgan fingerprint density at radius 1 is 0.833 bits per heavy atom. The molecule has 4 nitrogen and oxygen atoms in total. The van der Waals surface area contributed by atoms with E-state index in [9.17, 15) is 0 Å². The number of hydrogen-bond acceptors (Lipinski definition) is 4. The average molecular weight is 409 g/mol. The van der Waals surface area contributed by atoms with E-state index in [2.05, 4.69) is 29.6 Å². The summed E-state index contributed by atoms with van der Waals surface area (Å²) in [4.78, 5) is 0. The average Bonchev–Trinajstić information content (AvgIpc) is 3.61. The molecule has 0 amide bonds. The summed E-state index contributed by atoms with van der Waals surface area (Å²) >= 11 is 0. The standard InChI is InChI=1S/C15H21NO.C11H15NO/c1-17-15-4-2-3-12-9-13(7-8-14(12)15)16-10-11-5-6-11;1-13-11-4-2-3-8-7-9(12)5-6-10(8)11/h2-4,11,13,16H,5-10H2,1H3;2-4,9H,5-7,12H2,1H3. The maximum absolute atomic E-state index is 5.90. The molecule has 0 heterocycles. The van der Waals surface area contributed by atoms with Crippen molar-refractivity contribution in [3.05, 3.63) is 58.7 Å². The van der Waals surface area contributed by atoms with Gasteiger partial charge in [0, 0.05) is 12.1 Å². The van der Waals surface area contributed by atoms with E-state index >= 15 is 0 Å². The van der Waals surface area contributed by atoms with Crippen LogP contribution in [0.15, 0.2) is 36.4 Å². The topological polar surface area (TPSA) is 56.5 Å². The number of benzene rings is 2. The Morgan fingerprint density at radius 3 is 2.03 bits per heavy atom. The molecule has 3 aliphatic rings. The highest BCUT2D eigenvalue weighted by Crippen LogP contribution is 2.31. The molecule has 2 atom stereocenters. The van der Waals surface area contributed by atoms with Crippen molar-refractivity contribution in [3.8, 4) is 11.5 Å². The van der Waals surface area contributed by atoms with Gasteiger partial charge in [-0.25, -0.2) is 0 Å². The zero-order valence-corrected chi connectivity index (χ0v) is 18.5. The molecule has 162 valence electrons. The number of nitrogens with two attached hydrogens (primary N) is 1. The van der Waals surface area contributed by atoms with E-state index in [1.807, 2.05) is 12.1 Å². The van der Waals surface area contributed by atoms with E-state index in [4.69, 9.17) is 15.2 Å². The molecule has 0 saturated heterocycles. The van der Waals surface area contributed by atoms with Gasteiger partial charge in [0.2, 0.25) is 0 Å². The molecule has 3 N–H and O–H groups in total. The molecule has 0 aromatic heterocycles. The molecule has 0 aliphatic heterocycles. The summed E-state index contributed by atoms with van der Waals surface area (Å²) in [6.07, 6.45) is 9.57. The lowest BCUT2D eigenvalue weighted by Crippen LogP contribution is -2.35. The fourth-order valence-electron chi connectivity index (χ4n) is 4.78. The minimum Gasteiger partial charge on any atom is -0.496 e. The monoisotopic (exact) mass is 408 g/mol. The van der Waals surface area contributed by atoms with Gasteiger partial charge < -0.3 is 20.5 Å². The number of rotatable bonds is 5. The Morgan fingerprint density at radius 2 is 1.43 bits per heavy atom. The number of ether oxygens (including phenoxy) is 2. The molecule has 1 fully saturated rings. The second-order valence-corrected chi connectivity index (χ2v) is 8.99. The van der Waals surface area contributed by atoms with Crippen LogP contribution in [0.25, 0.3) is 0 Å². The fraction of sp³-hybridized carbons (Fsp3) is 0.538. The summed E-state index contributed by atoms with van der Waals surface area (Å²) < 4.78 is 10.7. The van der Waals surface area contributed by atoms with Gasteiger partial charge in [0.25, 0.3) is 0 Å². The predicted molar refractivity (Wildman–Crippen MR) is 123 cm³/mol. The normalized spacial score (nSPS) is 22.2. The Hall–Kier alpha value is -2.04. The molecule has 0 radical (unpaired) electrons. The molecule has 5 rings (SSSR count). The Kier molecular flexibility index (Phi) is 6.96.